The quantitative estimate of drug-likeness (QED) is 0.623. The second kappa shape index (κ2) is 3.13. The molecule has 1 unspecified atom stereocenters. The molecule has 0 aromatic rings. The minimum atomic E-state index is -0.553. The van der Waals surface area contributed by atoms with Crippen molar-refractivity contribution in [2.75, 3.05) is 7.05 Å². The van der Waals surface area contributed by atoms with Gasteiger partial charge in [0.2, 0.25) is 0 Å². The van der Waals surface area contributed by atoms with Gasteiger partial charge >= 0.3 is 6.09 Å². The summed E-state index contributed by atoms with van der Waals surface area (Å²) in [4.78, 5) is 23.1. The molecule has 0 bridgehead atoms. The van der Waals surface area contributed by atoms with Crippen LogP contribution in [0.15, 0.2) is 0 Å². The number of carbonyl (C=O) groups is 2. The number of carbonyl (C=O) groups excluding carboxylic acids is 2. The van der Waals surface area contributed by atoms with Crippen molar-refractivity contribution in [2.24, 2.45) is 5.92 Å². The number of amides is 2. The Morgan fingerprint density at radius 2 is 2.08 bits per heavy atom. The van der Waals surface area contributed by atoms with Gasteiger partial charge in [-0.3, -0.25) is 4.79 Å². The number of cyclic esters (lactones) is 1. The average molecular weight is 171 g/mol. The number of rotatable bonds is 2. The van der Waals surface area contributed by atoms with E-state index in [1.807, 2.05) is 13.8 Å². The van der Waals surface area contributed by atoms with Crippen molar-refractivity contribution in [1.29, 1.82) is 0 Å². The lowest BCUT2D eigenvalue weighted by Gasteiger charge is -2.08. The van der Waals surface area contributed by atoms with Crippen LogP contribution in [0, 0.1) is 5.92 Å². The van der Waals surface area contributed by atoms with E-state index in [0.29, 0.717) is 12.3 Å². The normalized spacial score (nSPS) is 23.7. The molecule has 1 saturated heterocycles. The first kappa shape index (κ1) is 9.03. The zero-order valence-corrected chi connectivity index (χ0v) is 7.53. The summed E-state index contributed by atoms with van der Waals surface area (Å²) in [6, 6.07) is 0. The Labute approximate surface area is 71.5 Å². The molecule has 2 amide bonds. The molecule has 0 radical (unpaired) electrons. The lowest BCUT2D eigenvalue weighted by molar-refractivity contribution is -0.129. The molecular formula is C8H13NO3. The summed E-state index contributed by atoms with van der Waals surface area (Å²) >= 11 is 0. The maximum atomic E-state index is 11.2. The van der Waals surface area contributed by atoms with Gasteiger partial charge in [0, 0.05) is 7.05 Å². The molecule has 12 heavy (non-hydrogen) atoms. The van der Waals surface area contributed by atoms with E-state index in [0.717, 1.165) is 4.90 Å². The molecular weight excluding hydrogens is 158 g/mol. The average Bonchev–Trinajstić information content (AvgIpc) is 2.17. The van der Waals surface area contributed by atoms with E-state index in [-0.39, 0.29) is 5.91 Å². The number of hydrogen-bond donors (Lipinski definition) is 0. The topological polar surface area (TPSA) is 46.6 Å². The first-order valence-corrected chi connectivity index (χ1v) is 4.00. The molecule has 1 heterocycles. The number of hydrogen-bond acceptors (Lipinski definition) is 3. The smallest absolute Gasteiger partial charge is 0.417 e. The highest BCUT2D eigenvalue weighted by Crippen LogP contribution is 2.17. The highest BCUT2D eigenvalue weighted by atomic mass is 16.6. The van der Waals surface area contributed by atoms with Crippen molar-refractivity contribution >= 4 is 12.0 Å². The van der Waals surface area contributed by atoms with Crippen LogP contribution in [0.3, 0.4) is 0 Å². The van der Waals surface area contributed by atoms with Gasteiger partial charge in [-0.1, -0.05) is 13.8 Å². The van der Waals surface area contributed by atoms with Crippen LogP contribution in [-0.4, -0.2) is 30.1 Å². The van der Waals surface area contributed by atoms with Gasteiger partial charge in [0.15, 0.2) is 6.10 Å². The first-order chi connectivity index (χ1) is 5.52. The molecule has 68 valence electrons. The van der Waals surface area contributed by atoms with Gasteiger partial charge in [0.25, 0.3) is 5.91 Å². The Bertz CT molecular complexity index is 212. The zero-order chi connectivity index (χ0) is 9.30. The summed E-state index contributed by atoms with van der Waals surface area (Å²) in [5.74, 6) is 0.131. The van der Waals surface area contributed by atoms with Gasteiger partial charge in [0.05, 0.1) is 0 Å². The Morgan fingerprint density at radius 1 is 1.50 bits per heavy atom. The Balaban J connectivity index is 2.59. The largest absolute Gasteiger partial charge is 0.436 e. The van der Waals surface area contributed by atoms with E-state index >= 15 is 0 Å². The fraction of sp³-hybridized carbons (Fsp3) is 0.750. The lowest BCUT2D eigenvalue weighted by Crippen LogP contribution is -2.27. The fourth-order valence-corrected chi connectivity index (χ4v) is 1.13. The van der Waals surface area contributed by atoms with Gasteiger partial charge in [-0.2, -0.15) is 0 Å². The SMILES string of the molecule is CC(C)CC1OC(=O)N(C)C1=O. The summed E-state index contributed by atoms with van der Waals surface area (Å²) in [6.45, 7) is 3.97. The zero-order valence-electron chi connectivity index (χ0n) is 7.53. The van der Waals surface area contributed by atoms with Crippen LogP contribution in [0.25, 0.3) is 0 Å². The molecule has 1 fully saturated rings. The van der Waals surface area contributed by atoms with Crippen molar-refractivity contribution in [2.45, 2.75) is 26.4 Å². The lowest BCUT2D eigenvalue weighted by atomic mass is 10.1. The third-order valence-electron chi connectivity index (χ3n) is 1.81. The Kier molecular flexibility index (Phi) is 2.35. The summed E-state index contributed by atoms with van der Waals surface area (Å²) < 4.78 is 4.83. The first-order valence-electron chi connectivity index (χ1n) is 4.00. The molecule has 1 rings (SSSR count). The van der Waals surface area contributed by atoms with E-state index in [9.17, 15) is 9.59 Å². The third kappa shape index (κ3) is 1.57. The van der Waals surface area contributed by atoms with Crippen molar-refractivity contribution in [1.82, 2.24) is 4.90 Å². The molecule has 0 N–H and O–H groups in total. The van der Waals surface area contributed by atoms with E-state index in [2.05, 4.69) is 0 Å². The number of imide groups is 1. The molecule has 0 aromatic carbocycles. The van der Waals surface area contributed by atoms with E-state index in [4.69, 9.17) is 4.74 Å². The van der Waals surface area contributed by atoms with Gasteiger partial charge in [0.1, 0.15) is 0 Å². The Hall–Kier alpha value is -1.06. The van der Waals surface area contributed by atoms with Crippen LogP contribution in [-0.2, 0) is 9.53 Å². The summed E-state index contributed by atoms with van der Waals surface area (Å²) in [6.07, 6.45) is -0.484. The van der Waals surface area contributed by atoms with Crippen LogP contribution in [0.4, 0.5) is 4.79 Å². The van der Waals surface area contributed by atoms with Crippen LogP contribution < -0.4 is 0 Å². The minimum absolute atomic E-state index is 0.228. The molecule has 4 nitrogen and oxygen atoms in total. The number of ether oxygens (including phenoxy) is 1. The monoisotopic (exact) mass is 171 g/mol. The molecule has 1 atom stereocenters. The van der Waals surface area contributed by atoms with E-state index in [1.54, 1.807) is 0 Å². The van der Waals surface area contributed by atoms with E-state index < -0.39 is 12.2 Å². The molecule has 1 aliphatic rings. The van der Waals surface area contributed by atoms with Crippen LogP contribution in [0.1, 0.15) is 20.3 Å². The predicted molar refractivity (Wildman–Crippen MR) is 42.5 cm³/mol. The van der Waals surface area contributed by atoms with Gasteiger partial charge in [-0.05, 0) is 12.3 Å². The highest BCUT2D eigenvalue weighted by molar-refractivity contribution is 5.99. The highest BCUT2D eigenvalue weighted by Gasteiger charge is 2.37. The van der Waals surface area contributed by atoms with Crippen LogP contribution in [0.2, 0.25) is 0 Å². The molecule has 0 saturated carbocycles. The van der Waals surface area contributed by atoms with Crippen molar-refractivity contribution in [3.05, 3.63) is 0 Å². The molecule has 0 aromatic heterocycles. The molecule has 0 aliphatic carbocycles. The maximum Gasteiger partial charge on any atom is 0.417 e. The third-order valence-corrected chi connectivity index (χ3v) is 1.81. The second-order valence-corrected chi connectivity index (χ2v) is 3.40. The molecule has 1 aliphatic heterocycles. The Morgan fingerprint density at radius 3 is 2.42 bits per heavy atom. The fourth-order valence-electron chi connectivity index (χ4n) is 1.13. The van der Waals surface area contributed by atoms with Crippen LogP contribution in [0.5, 0.6) is 0 Å². The van der Waals surface area contributed by atoms with Crippen molar-refractivity contribution in [3.63, 3.8) is 0 Å². The van der Waals surface area contributed by atoms with Gasteiger partial charge < -0.3 is 4.74 Å². The summed E-state index contributed by atoms with van der Waals surface area (Å²) in [7, 11) is 1.44. The summed E-state index contributed by atoms with van der Waals surface area (Å²) in [5, 5.41) is 0. The second-order valence-electron chi connectivity index (χ2n) is 3.40. The molecule has 0 spiro atoms. The van der Waals surface area contributed by atoms with Crippen LogP contribution >= 0.6 is 0 Å². The maximum absolute atomic E-state index is 11.2. The van der Waals surface area contributed by atoms with E-state index in [1.165, 1.54) is 7.05 Å². The minimum Gasteiger partial charge on any atom is -0.436 e. The number of nitrogens with zero attached hydrogens (tertiary/aromatic N) is 1. The van der Waals surface area contributed by atoms with Crippen molar-refractivity contribution < 1.29 is 14.3 Å². The number of likely N-dealkylation sites (N-methyl/N-ethyl adjacent to an activating group) is 1. The van der Waals surface area contributed by atoms with Gasteiger partial charge in [-0.25, -0.2) is 9.69 Å². The standard InChI is InChI=1S/C8H13NO3/c1-5(2)4-6-7(10)9(3)8(11)12-6/h5-6H,4H2,1-3H3. The van der Waals surface area contributed by atoms with Crippen molar-refractivity contribution in [3.8, 4) is 0 Å². The van der Waals surface area contributed by atoms with Gasteiger partial charge in [-0.15, -0.1) is 0 Å². The summed E-state index contributed by atoms with van der Waals surface area (Å²) in [5.41, 5.74) is 0. The molecule has 4 heteroatoms. The predicted octanol–water partition coefficient (Wildman–Crippen LogP) is 1.01.